The average Bonchev–Trinajstić information content (AvgIpc) is 2.44. The summed E-state index contributed by atoms with van der Waals surface area (Å²) in [6, 6.07) is 10.5. The molecule has 0 unspecified atom stereocenters. The molecule has 4 nitrogen and oxygen atoms in total. The second-order valence-electron chi connectivity index (χ2n) is 4.91. The summed E-state index contributed by atoms with van der Waals surface area (Å²) >= 11 is 0. The zero-order valence-electron chi connectivity index (χ0n) is 12.6. The third-order valence-corrected chi connectivity index (χ3v) is 3.24. The lowest BCUT2D eigenvalue weighted by atomic mass is 10.2. The first-order chi connectivity index (χ1) is 9.62. The third kappa shape index (κ3) is 3.47. The lowest BCUT2D eigenvalue weighted by molar-refractivity contribution is 0.775. The first-order valence-corrected chi connectivity index (χ1v) is 6.96. The van der Waals surface area contributed by atoms with Gasteiger partial charge in [-0.3, -0.25) is 0 Å². The molecule has 0 aliphatic rings. The van der Waals surface area contributed by atoms with Gasteiger partial charge in [0, 0.05) is 31.0 Å². The van der Waals surface area contributed by atoms with Crippen LogP contribution in [0.4, 0.5) is 11.5 Å². The van der Waals surface area contributed by atoms with E-state index in [1.165, 1.54) is 11.3 Å². The summed E-state index contributed by atoms with van der Waals surface area (Å²) in [7, 11) is 1.88. The van der Waals surface area contributed by atoms with Crippen LogP contribution in [0, 0.1) is 13.8 Å². The van der Waals surface area contributed by atoms with Crippen LogP contribution in [-0.4, -0.2) is 23.6 Å². The molecule has 0 amide bonds. The number of benzene rings is 1. The van der Waals surface area contributed by atoms with Crippen molar-refractivity contribution >= 4 is 11.5 Å². The second-order valence-corrected chi connectivity index (χ2v) is 4.91. The number of aryl methyl sites for hydroxylation is 2. The van der Waals surface area contributed by atoms with Crippen molar-refractivity contribution in [3.63, 3.8) is 0 Å². The standard InChI is InChI=1S/C16H22N4/c1-5-20(14-8-6-7-12(2)9-14)11-16-18-13(3)10-15(17-4)19-16/h6-10H,5,11H2,1-4H3,(H,17,18,19). The highest BCUT2D eigenvalue weighted by atomic mass is 15.2. The summed E-state index contributed by atoms with van der Waals surface area (Å²) in [5, 5.41) is 3.08. The Bertz CT molecular complexity index is 580. The largest absolute Gasteiger partial charge is 0.373 e. The van der Waals surface area contributed by atoms with Crippen LogP contribution in [0.25, 0.3) is 0 Å². The molecule has 0 spiro atoms. The van der Waals surface area contributed by atoms with E-state index in [0.717, 1.165) is 30.4 Å². The van der Waals surface area contributed by atoms with E-state index in [0.29, 0.717) is 0 Å². The van der Waals surface area contributed by atoms with Gasteiger partial charge < -0.3 is 10.2 Å². The first-order valence-electron chi connectivity index (χ1n) is 6.96. The zero-order chi connectivity index (χ0) is 14.5. The van der Waals surface area contributed by atoms with Gasteiger partial charge in [-0.05, 0) is 38.5 Å². The predicted molar refractivity (Wildman–Crippen MR) is 84.2 cm³/mol. The van der Waals surface area contributed by atoms with E-state index in [1.54, 1.807) is 0 Å². The summed E-state index contributed by atoms with van der Waals surface area (Å²) in [6.45, 7) is 7.90. The minimum absolute atomic E-state index is 0.719. The quantitative estimate of drug-likeness (QED) is 0.906. The molecule has 1 heterocycles. The van der Waals surface area contributed by atoms with E-state index in [2.05, 4.69) is 58.3 Å². The molecular formula is C16H22N4. The lowest BCUT2D eigenvalue weighted by Gasteiger charge is -2.23. The summed E-state index contributed by atoms with van der Waals surface area (Å²) < 4.78 is 0. The van der Waals surface area contributed by atoms with Crippen molar-refractivity contribution in [1.29, 1.82) is 0 Å². The number of nitrogens with one attached hydrogen (secondary N) is 1. The maximum absolute atomic E-state index is 4.52. The first kappa shape index (κ1) is 14.3. The van der Waals surface area contributed by atoms with Crippen LogP contribution in [-0.2, 0) is 6.54 Å². The number of anilines is 2. The lowest BCUT2D eigenvalue weighted by Crippen LogP contribution is -2.23. The van der Waals surface area contributed by atoms with Crippen molar-refractivity contribution < 1.29 is 0 Å². The van der Waals surface area contributed by atoms with Gasteiger partial charge in [0.1, 0.15) is 11.6 Å². The number of hydrogen-bond donors (Lipinski definition) is 1. The molecule has 2 rings (SSSR count). The van der Waals surface area contributed by atoms with Crippen LogP contribution in [0.3, 0.4) is 0 Å². The van der Waals surface area contributed by atoms with Gasteiger partial charge in [-0.15, -0.1) is 0 Å². The highest BCUT2D eigenvalue weighted by molar-refractivity contribution is 5.48. The fourth-order valence-electron chi connectivity index (χ4n) is 2.21. The zero-order valence-corrected chi connectivity index (χ0v) is 12.6. The van der Waals surface area contributed by atoms with Crippen molar-refractivity contribution in [3.8, 4) is 0 Å². The van der Waals surface area contributed by atoms with Gasteiger partial charge in [0.15, 0.2) is 0 Å². The van der Waals surface area contributed by atoms with E-state index in [1.807, 2.05) is 20.0 Å². The molecule has 0 radical (unpaired) electrons. The number of aromatic nitrogens is 2. The molecule has 1 aromatic heterocycles. The maximum Gasteiger partial charge on any atom is 0.150 e. The highest BCUT2D eigenvalue weighted by Crippen LogP contribution is 2.18. The molecule has 0 saturated carbocycles. The molecule has 0 atom stereocenters. The molecular weight excluding hydrogens is 248 g/mol. The van der Waals surface area contributed by atoms with Crippen LogP contribution in [0.2, 0.25) is 0 Å². The van der Waals surface area contributed by atoms with Gasteiger partial charge in [-0.25, -0.2) is 9.97 Å². The van der Waals surface area contributed by atoms with Crippen LogP contribution in [0.15, 0.2) is 30.3 Å². The summed E-state index contributed by atoms with van der Waals surface area (Å²) in [4.78, 5) is 11.3. The average molecular weight is 270 g/mol. The smallest absolute Gasteiger partial charge is 0.150 e. The Labute approximate surface area is 120 Å². The Hall–Kier alpha value is -2.10. The van der Waals surface area contributed by atoms with Crippen LogP contribution >= 0.6 is 0 Å². The van der Waals surface area contributed by atoms with Crippen molar-refractivity contribution in [2.24, 2.45) is 0 Å². The number of nitrogens with zero attached hydrogens (tertiary/aromatic N) is 3. The van der Waals surface area contributed by atoms with Crippen molar-refractivity contribution in [3.05, 3.63) is 47.4 Å². The summed E-state index contributed by atoms with van der Waals surface area (Å²) in [6.07, 6.45) is 0. The van der Waals surface area contributed by atoms with E-state index in [-0.39, 0.29) is 0 Å². The van der Waals surface area contributed by atoms with Gasteiger partial charge >= 0.3 is 0 Å². The Morgan fingerprint density at radius 3 is 2.60 bits per heavy atom. The van der Waals surface area contributed by atoms with Crippen LogP contribution in [0.5, 0.6) is 0 Å². The van der Waals surface area contributed by atoms with E-state index in [9.17, 15) is 0 Å². The van der Waals surface area contributed by atoms with Crippen molar-refractivity contribution in [2.45, 2.75) is 27.3 Å². The minimum Gasteiger partial charge on any atom is -0.373 e. The molecule has 0 aliphatic carbocycles. The molecule has 0 bridgehead atoms. The molecule has 20 heavy (non-hydrogen) atoms. The molecule has 1 aromatic carbocycles. The fraction of sp³-hybridized carbons (Fsp3) is 0.375. The monoisotopic (exact) mass is 270 g/mol. The van der Waals surface area contributed by atoms with Crippen molar-refractivity contribution in [1.82, 2.24) is 9.97 Å². The van der Waals surface area contributed by atoms with Gasteiger partial charge in [0.25, 0.3) is 0 Å². The normalized spacial score (nSPS) is 10.4. The van der Waals surface area contributed by atoms with Crippen LogP contribution < -0.4 is 10.2 Å². The Morgan fingerprint density at radius 2 is 1.95 bits per heavy atom. The Morgan fingerprint density at radius 1 is 1.15 bits per heavy atom. The molecule has 2 aromatic rings. The molecule has 0 fully saturated rings. The topological polar surface area (TPSA) is 41.1 Å². The number of rotatable bonds is 5. The van der Waals surface area contributed by atoms with Crippen LogP contribution in [0.1, 0.15) is 24.0 Å². The molecule has 0 aliphatic heterocycles. The molecule has 4 heteroatoms. The van der Waals surface area contributed by atoms with Gasteiger partial charge in [-0.1, -0.05) is 12.1 Å². The van der Waals surface area contributed by atoms with Gasteiger partial charge in [-0.2, -0.15) is 0 Å². The second kappa shape index (κ2) is 6.37. The minimum atomic E-state index is 0.719. The van der Waals surface area contributed by atoms with Gasteiger partial charge in [0.2, 0.25) is 0 Å². The Balaban J connectivity index is 2.24. The predicted octanol–water partition coefficient (Wildman–Crippen LogP) is 3.16. The summed E-state index contributed by atoms with van der Waals surface area (Å²) in [5.74, 6) is 1.71. The number of hydrogen-bond acceptors (Lipinski definition) is 4. The summed E-state index contributed by atoms with van der Waals surface area (Å²) in [5.41, 5.74) is 3.46. The molecule has 106 valence electrons. The Kier molecular flexibility index (Phi) is 4.56. The molecule has 0 saturated heterocycles. The maximum atomic E-state index is 4.52. The van der Waals surface area contributed by atoms with Crippen molar-refractivity contribution in [2.75, 3.05) is 23.8 Å². The third-order valence-electron chi connectivity index (χ3n) is 3.24. The highest BCUT2D eigenvalue weighted by Gasteiger charge is 2.09. The fourth-order valence-corrected chi connectivity index (χ4v) is 2.21. The SMILES string of the molecule is CCN(Cc1nc(C)cc(NC)n1)c1cccc(C)c1. The van der Waals surface area contributed by atoms with E-state index in [4.69, 9.17) is 0 Å². The van der Waals surface area contributed by atoms with Gasteiger partial charge in [0.05, 0.1) is 6.54 Å². The van der Waals surface area contributed by atoms with E-state index < -0.39 is 0 Å². The van der Waals surface area contributed by atoms with E-state index >= 15 is 0 Å². The molecule has 1 N–H and O–H groups in total.